The Bertz CT molecular complexity index is 508. The number of halogens is 2. The van der Waals surface area contributed by atoms with Gasteiger partial charge in [0.25, 0.3) is 0 Å². The predicted octanol–water partition coefficient (Wildman–Crippen LogP) is 2.17. The van der Waals surface area contributed by atoms with Crippen molar-refractivity contribution in [1.82, 2.24) is 9.97 Å². The summed E-state index contributed by atoms with van der Waals surface area (Å²) in [6.07, 6.45) is 1.85. The number of aromatic nitrogens is 2. The fraction of sp³-hybridized carbons (Fsp3) is 0. The first kappa shape index (κ1) is 9.51. The maximum atomic E-state index is 13.3. The van der Waals surface area contributed by atoms with Gasteiger partial charge in [-0.1, -0.05) is 0 Å². The Balaban J connectivity index is 2.49. The Hall–Kier alpha value is -2.04. The van der Waals surface area contributed by atoms with Crippen molar-refractivity contribution < 1.29 is 13.6 Å². The van der Waals surface area contributed by atoms with Crippen LogP contribution >= 0.6 is 0 Å². The Morgan fingerprint density at radius 3 is 2.73 bits per heavy atom. The smallest absolute Gasteiger partial charge is 0.167 e. The number of imidazole rings is 1. The van der Waals surface area contributed by atoms with Crippen LogP contribution in [-0.2, 0) is 0 Å². The number of nitrogens with zero attached hydrogens (tertiary/aromatic N) is 1. The third-order valence-electron chi connectivity index (χ3n) is 1.91. The van der Waals surface area contributed by atoms with Crippen molar-refractivity contribution in [1.29, 1.82) is 0 Å². The Morgan fingerprint density at radius 1 is 1.33 bits per heavy atom. The van der Waals surface area contributed by atoms with Gasteiger partial charge in [0.2, 0.25) is 0 Å². The van der Waals surface area contributed by atoms with Gasteiger partial charge in [-0.15, -0.1) is 0 Å². The van der Waals surface area contributed by atoms with Crippen molar-refractivity contribution in [3.8, 4) is 11.4 Å². The largest absolute Gasteiger partial charge is 0.336 e. The highest BCUT2D eigenvalue weighted by Crippen LogP contribution is 2.19. The van der Waals surface area contributed by atoms with Gasteiger partial charge in [0, 0.05) is 6.07 Å². The number of carbonyl (C=O) groups is 1. The van der Waals surface area contributed by atoms with Crippen LogP contribution < -0.4 is 0 Å². The molecule has 0 aliphatic heterocycles. The number of carbonyl (C=O) groups excluding carboxylic acids is 1. The third-order valence-corrected chi connectivity index (χ3v) is 1.91. The van der Waals surface area contributed by atoms with E-state index in [1.807, 2.05) is 0 Å². The monoisotopic (exact) mass is 208 g/mol. The van der Waals surface area contributed by atoms with Crippen molar-refractivity contribution in [3.05, 3.63) is 41.7 Å². The lowest BCUT2D eigenvalue weighted by molar-refractivity contribution is 0.111. The SMILES string of the molecule is O=Cc1cnc(-c2ccc(F)cc2F)[nH]1. The van der Waals surface area contributed by atoms with Gasteiger partial charge in [-0.05, 0) is 12.1 Å². The van der Waals surface area contributed by atoms with Gasteiger partial charge in [0.05, 0.1) is 17.5 Å². The minimum Gasteiger partial charge on any atom is -0.336 e. The van der Waals surface area contributed by atoms with Gasteiger partial charge in [0.1, 0.15) is 17.5 Å². The van der Waals surface area contributed by atoms with Crippen LogP contribution in [0.5, 0.6) is 0 Å². The van der Waals surface area contributed by atoms with Crippen LogP contribution in [-0.4, -0.2) is 16.3 Å². The molecular weight excluding hydrogens is 202 g/mol. The first-order chi connectivity index (χ1) is 7.20. The number of aldehydes is 1. The summed E-state index contributed by atoms with van der Waals surface area (Å²) in [4.78, 5) is 16.8. The molecular formula is C10H6F2N2O. The van der Waals surface area contributed by atoms with Crippen LogP contribution in [0.1, 0.15) is 10.5 Å². The van der Waals surface area contributed by atoms with Gasteiger partial charge in [-0.2, -0.15) is 0 Å². The van der Waals surface area contributed by atoms with E-state index in [0.717, 1.165) is 12.1 Å². The summed E-state index contributed by atoms with van der Waals surface area (Å²) < 4.78 is 25.9. The zero-order valence-corrected chi connectivity index (χ0v) is 7.50. The van der Waals surface area contributed by atoms with Gasteiger partial charge >= 0.3 is 0 Å². The average molecular weight is 208 g/mol. The predicted molar refractivity (Wildman–Crippen MR) is 49.3 cm³/mol. The molecule has 0 aliphatic rings. The summed E-state index contributed by atoms with van der Waals surface area (Å²) in [7, 11) is 0. The molecule has 0 amide bonds. The molecule has 15 heavy (non-hydrogen) atoms. The molecule has 2 rings (SSSR count). The second kappa shape index (κ2) is 3.61. The number of nitrogens with one attached hydrogen (secondary N) is 1. The highest BCUT2D eigenvalue weighted by atomic mass is 19.1. The summed E-state index contributed by atoms with van der Waals surface area (Å²) in [6, 6.07) is 3.15. The molecule has 0 fully saturated rings. The molecule has 0 bridgehead atoms. The normalized spacial score (nSPS) is 10.3. The van der Waals surface area contributed by atoms with Gasteiger partial charge in [0.15, 0.2) is 6.29 Å². The molecule has 0 spiro atoms. The van der Waals surface area contributed by atoms with E-state index in [2.05, 4.69) is 9.97 Å². The molecule has 1 N–H and O–H groups in total. The van der Waals surface area contributed by atoms with E-state index >= 15 is 0 Å². The zero-order chi connectivity index (χ0) is 10.8. The summed E-state index contributed by atoms with van der Waals surface area (Å²) in [5.41, 5.74) is 0.373. The summed E-state index contributed by atoms with van der Waals surface area (Å²) in [5.74, 6) is -1.17. The number of rotatable bonds is 2. The maximum Gasteiger partial charge on any atom is 0.167 e. The third kappa shape index (κ3) is 1.76. The van der Waals surface area contributed by atoms with Gasteiger partial charge in [-0.25, -0.2) is 13.8 Å². The Kier molecular flexibility index (Phi) is 2.29. The van der Waals surface area contributed by atoms with E-state index in [-0.39, 0.29) is 17.1 Å². The van der Waals surface area contributed by atoms with Crippen LogP contribution in [0.3, 0.4) is 0 Å². The molecule has 5 heteroatoms. The van der Waals surface area contributed by atoms with E-state index in [9.17, 15) is 13.6 Å². The van der Waals surface area contributed by atoms with E-state index in [1.54, 1.807) is 0 Å². The lowest BCUT2D eigenvalue weighted by atomic mass is 10.2. The topological polar surface area (TPSA) is 45.8 Å². The highest BCUT2D eigenvalue weighted by Gasteiger charge is 2.09. The molecule has 3 nitrogen and oxygen atoms in total. The second-order valence-corrected chi connectivity index (χ2v) is 2.93. The van der Waals surface area contributed by atoms with Crippen molar-refractivity contribution in [3.63, 3.8) is 0 Å². The van der Waals surface area contributed by atoms with Crippen LogP contribution in [0.15, 0.2) is 24.4 Å². The average Bonchev–Trinajstić information content (AvgIpc) is 2.66. The fourth-order valence-corrected chi connectivity index (χ4v) is 1.21. The van der Waals surface area contributed by atoms with E-state index in [0.29, 0.717) is 6.29 Å². The second-order valence-electron chi connectivity index (χ2n) is 2.93. The molecule has 0 unspecified atom stereocenters. The molecule has 0 radical (unpaired) electrons. The van der Waals surface area contributed by atoms with E-state index in [1.165, 1.54) is 12.3 Å². The van der Waals surface area contributed by atoms with Crippen molar-refractivity contribution in [2.24, 2.45) is 0 Å². The van der Waals surface area contributed by atoms with Crippen LogP contribution in [0.4, 0.5) is 8.78 Å². The quantitative estimate of drug-likeness (QED) is 0.768. The molecule has 1 heterocycles. The molecule has 76 valence electrons. The van der Waals surface area contributed by atoms with Gasteiger partial charge in [-0.3, -0.25) is 4.79 Å². The number of H-pyrrole nitrogens is 1. The molecule has 1 aromatic carbocycles. The first-order valence-corrected chi connectivity index (χ1v) is 4.16. The maximum absolute atomic E-state index is 13.3. The van der Waals surface area contributed by atoms with E-state index in [4.69, 9.17) is 0 Å². The number of aromatic amines is 1. The molecule has 0 saturated carbocycles. The van der Waals surface area contributed by atoms with Crippen LogP contribution in [0, 0.1) is 11.6 Å². The first-order valence-electron chi connectivity index (χ1n) is 4.16. The van der Waals surface area contributed by atoms with Crippen molar-refractivity contribution >= 4 is 6.29 Å². The lowest BCUT2D eigenvalue weighted by Gasteiger charge is -1.98. The Morgan fingerprint density at radius 2 is 2.13 bits per heavy atom. The van der Waals surface area contributed by atoms with E-state index < -0.39 is 11.6 Å². The molecule has 1 aromatic heterocycles. The standard InChI is InChI=1S/C10H6F2N2O/c11-6-1-2-8(9(12)3-6)10-13-4-7(5-15)14-10/h1-5H,(H,13,14). The highest BCUT2D eigenvalue weighted by molar-refractivity contribution is 5.73. The van der Waals surface area contributed by atoms with Crippen LogP contribution in [0.2, 0.25) is 0 Å². The van der Waals surface area contributed by atoms with Crippen LogP contribution in [0.25, 0.3) is 11.4 Å². The van der Waals surface area contributed by atoms with Crippen molar-refractivity contribution in [2.75, 3.05) is 0 Å². The number of hydrogen-bond acceptors (Lipinski definition) is 2. The van der Waals surface area contributed by atoms with Gasteiger partial charge < -0.3 is 4.98 Å². The molecule has 2 aromatic rings. The number of hydrogen-bond donors (Lipinski definition) is 1. The fourth-order valence-electron chi connectivity index (χ4n) is 1.21. The minimum absolute atomic E-state index is 0.129. The Labute approximate surface area is 83.8 Å². The molecule has 0 aliphatic carbocycles. The summed E-state index contributed by atoms with van der Waals surface area (Å²) >= 11 is 0. The van der Waals surface area contributed by atoms with Crippen molar-refractivity contribution in [2.45, 2.75) is 0 Å². The molecule has 0 saturated heterocycles. The zero-order valence-electron chi connectivity index (χ0n) is 7.50. The summed E-state index contributed by atoms with van der Waals surface area (Å²) in [5, 5.41) is 0. The minimum atomic E-state index is -0.721. The number of benzene rings is 1. The molecule has 0 atom stereocenters. The summed E-state index contributed by atoms with van der Waals surface area (Å²) in [6.45, 7) is 0. The lowest BCUT2D eigenvalue weighted by Crippen LogP contribution is -1.88.